The quantitative estimate of drug-likeness (QED) is 0.788. The SMILES string of the molecule is OC1CCN(c2nccn3nc(-c4cc(F)cc(F)c4)cc23)C1. The summed E-state index contributed by atoms with van der Waals surface area (Å²) in [5.41, 5.74) is 1.58. The van der Waals surface area contributed by atoms with E-state index < -0.39 is 11.6 Å². The fraction of sp³-hybridized carbons (Fsp3) is 0.250. The first-order valence-corrected chi connectivity index (χ1v) is 7.34. The Hall–Kier alpha value is -2.54. The van der Waals surface area contributed by atoms with Crippen molar-refractivity contribution >= 4 is 11.3 Å². The van der Waals surface area contributed by atoms with Crippen LogP contribution in [0.3, 0.4) is 0 Å². The highest BCUT2D eigenvalue weighted by molar-refractivity contribution is 5.75. The molecule has 2 aromatic heterocycles. The topological polar surface area (TPSA) is 53.7 Å². The predicted molar refractivity (Wildman–Crippen MR) is 81.2 cm³/mol. The molecule has 1 fully saturated rings. The molecule has 0 aliphatic carbocycles. The van der Waals surface area contributed by atoms with Crippen LogP contribution in [0.25, 0.3) is 16.8 Å². The van der Waals surface area contributed by atoms with Gasteiger partial charge in [-0.2, -0.15) is 5.10 Å². The molecule has 1 atom stereocenters. The minimum Gasteiger partial charge on any atom is -0.391 e. The van der Waals surface area contributed by atoms with Gasteiger partial charge in [-0.1, -0.05) is 0 Å². The van der Waals surface area contributed by atoms with E-state index in [-0.39, 0.29) is 6.10 Å². The van der Waals surface area contributed by atoms with Gasteiger partial charge in [0.25, 0.3) is 0 Å². The minimum absolute atomic E-state index is 0.364. The van der Waals surface area contributed by atoms with Crippen LogP contribution in [0.2, 0.25) is 0 Å². The number of halogens is 2. The molecular formula is C16H14F2N4O. The molecule has 1 aliphatic heterocycles. The molecule has 1 N–H and O–H groups in total. The van der Waals surface area contributed by atoms with Gasteiger partial charge in [0.05, 0.1) is 11.8 Å². The highest BCUT2D eigenvalue weighted by Crippen LogP contribution is 2.27. The van der Waals surface area contributed by atoms with E-state index in [9.17, 15) is 13.9 Å². The van der Waals surface area contributed by atoms with E-state index in [1.807, 2.05) is 4.90 Å². The van der Waals surface area contributed by atoms with E-state index in [1.54, 1.807) is 23.0 Å². The second kappa shape index (κ2) is 5.27. The predicted octanol–water partition coefficient (Wildman–Crippen LogP) is 2.25. The maximum Gasteiger partial charge on any atom is 0.154 e. The largest absolute Gasteiger partial charge is 0.391 e. The van der Waals surface area contributed by atoms with E-state index in [0.29, 0.717) is 36.6 Å². The van der Waals surface area contributed by atoms with Crippen molar-refractivity contribution in [1.82, 2.24) is 14.6 Å². The fourth-order valence-electron chi connectivity index (χ4n) is 2.93. The molecule has 0 bridgehead atoms. The summed E-state index contributed by atoms with van der Waals surface area (Å²) in [5.74, 6) is -0.573. The highest BCUT2D eigenvalue weighted by atomic mass is 19.1. The van der Waals surface area contributed by atoms with Crippen LogP contribution >= 0.6 is 0 Å². The first-order valence-electron chi connectivity index (χ1n) is 7.34. The smallest absolute Gasteiger partial charge is 0.154 e. The van der Waals surface area contributed by atoms with Gasteiger partial charge >= 0.3 is 0 Å². The Morgan fingerprint density at radius 2 is 1.91 bits per heavy atom. The van der Waals surface area contributed by atoms with Crippen molar-refractivity contribution in [2.24, 2.45) is 0 Å². The van der Waals surface area contributed by atoms with Crippen molar-refractivity contribution in [3.63, 3.8) is 0 Å². The summed E-state index contributed by atoms with van der Waals surface area (Å²) in [4.78, 5) is 6.36. The Kier molecular flexibility index (Phi) is 3.23. The molecule has 5 nitrogen and oxygen atoms in total. The Morgan fingerprint density at radius 1 is 1.13 bits per heavy atom. The van der Waals surface area contributed by atoms with Gasteiger partial charge in [0.15, 0.2) is 5.82 Å². The Bertz CT molecular complexity index is 859. The van der Waals surface area contributed by atoms with Crippen LogP contribution in [0.1, 0.15) is 6.42 Å². The zero-order valence-electron chi connectivity index (χ0n) is 12.2. The summed E-state index contributed by atoms with van der Waals surface area (Å²) in [5, 5.41) is 14.1. The third-order valence-electron chi connectivity index (χ3n) is 3.99. The van der Waals surface area contributed by atoms with Crippen molar-refractivity contribution in [2.75, 3.05) is 18.0 Å². The van der Waals surface area contributed by atoms with E-state index in [4.69, 9.17) is 0 Å². The molecule has 1 unspecified atom stereocenters. The van der Waals surface area contributed by atoms with Crippen molar-refractivity contribution in [1.29, 1.82) is 0 Å². The average Bonchev–Trinajstić information content (AvgIpc) is 3.11. The standard InChI is InChI=1S/C16H14F2N4O/c17-11-5-10(6-12(18)7-11)14-8-15-16(19-2-4-22(15)20-14)21-3-1-13(23)9-21/h2,4-8,13,23H,1,3,9H2. The summed E-state index contributed by atoms with van der Waals surface area (Å²) in [6.45, 7) is 1.23. The van der Waals surface area contributed by atoms with Gasteiger partial charge in [-0.15, -0.1) is 0 Å². The van der Waals surface area contributed by atoms with Gasteiger partial charge in [0, 0.05) is 37.1 Å². The average molecular weight is 316 g/mol. The van der Waals surface area contributed by atoms with Crippen LogP contribution in [-0.4, -0.2) is 38.9 Å². The number of fused-ring (bicyclic) bond motifs is 1. The first-order chi connectivity index (χ1) is 11.1. The van der Waals surface area contributed by atoms with E-state index in [0.717, 1.165) is 11.6 Å². The zero-order chi connectivity index (χ0) is 16.0. The van der Waals surface area contributed by atoms with Crippen molar-refractivity contribution < 1.29 is 13.9 Å². The molecule has 3 heterocycles. The number of aliphatic hydroxyl groups excluding tert-OH is 1. The maximum atomic E-state index is 13.4. The molecule has 1 aromatic carbocycles. The number of anilines is 1. The molecule has 23 heavy (non-hydrogen) atoms. The lowest BCUT2D eigenvalue weighted by atomic mass is 10.1. The number of rotatable bonds is 2. The zero-order valence-corrected chi connectivity index (χ0v) is 12.2. The molecule has 0 amide bonds. The fourth-order valence-corrected chi connectivity index (χ4v) is 2.93. The number of hydrogen-bond donors (Lipinski definition) is 1. The third-order valence-corrected chi connectivity index (χ3v) is 3.99. The molecule has 0 spiro atoms. The normalized spacial score (nSPS) is 18.0. The van der Waals surface area contributed by atoms with E-state index >= 15 is 0 Å². The van der Waals surface area contributed by atoms with Crippen LogP contribution in [0, 0.1) is 11.6 Å². The van der Waals surface area contributed by atoms with Gasteiger partial charge in [0.2, 0.25) is 0 Å². The van der Waals surface area contributed by atoms with Crippen molar-refractivity contribution in [2.45, 2.75) is 12.5 Å². The lowest BCUT2D eigenvalue weighted by molar-refractivity contribution is 0.198. The molecule has 3 aromatic rings. The minimum atomic E-state index is -0.641. The molecule has 1 saturated heterocycles. The number of aliphatic hydroxyl groups is 1. The van der Waals surface area contributed by atoms with E-state index in [2.05, 4.69) is 10.1 Å². The molecule has 0 radical (unpaired) electrons. The molecule has 4 rings (SSSR count). The summed E-state index contributed by atoms with van der Waals surface area (Å²) in [6.07, 6.45) is 3.64. The van der Waals surface area contributed by atoms with Gasteiger partial charge in [0.1, 0.15) is 17.2 Å². The Labute approximate surface area is 130 Å². The first kappa shape index (κ1) is 14.1. The monoisotopic (exact) mass is 316 g/mol. The number of β-amino-alcohol motifs (C(OH)–C–C–N with tert-alkyl or cyclic N) is 1. The number of hydrogen-bond acceptors (Lipinski definition) is 4. The van der Waals surface area contributed by atoms with Crippen LogP contribution in [-0.2, 0) is 0 Å². The Balaban J connectivity index is 1.81. The summed E-state index contributed by atoms with van der Waals surface area (Å²) in [6, 6.07) is 5.08. The third kappa shape index (κ3) is 2.53. The van der Waals surface area contributed by atoms with Gasteiger partial charge in [-0.05, 0) is 24.6 Å². The summed E-state index contributed by atoms with van der Waals surface area (Å²) < 4.78 is 28.5. The highest BCUT2D eigenvalue weighted by Gasteiger charge is 2.23. The van der Waals surface area contributed by atoms with Gasteiger partial charge < -0.3 is 10.0 Å². The van der Waals surface area contributed by atoms with Crippen LogP contribution in [0.15, 0.2) is 36.7 Å². The van der Waals surface area contributed by atoms with Gasteiger partial charge in [-0.25, -0.2) is 18.3 Å². The van der Waals surface area contributed by atoms with Crippen molar-refractivity contribution in [3.8, 4) is 11.3 Å². The summed E-state index contributed by atoms with van der Waals surface area (Å²) in [7, 11) is 0. The lowest BCUT2D eigenvalue weighted by Gasteiger charge is -2.16. The van der Waals surface area contributed by atoms with Crippen molar-refractivity contribution in [3.05, 3.63) is 48.3 Å². The van der Waals surface area contributed by atoms with Crippen LogP contribution in [0.5, 0.6) is 0 Å². The second-order valence-electron chi connectivity index (χ2n) is 5.66. The molecular weight excluding hydrogens is 302 g/mol. The lowest BCUT2D eigenvalue weighted by Crippen LogP contribution is -2.22. The van der Waals surface area contributed by atoms with E-state index in [1.165, 1.54) is 12.1 Å². The van der Waals surface area contributed by atoms with Crippen LogP contribution < -0.4 is 4.90 Å². The number of aromatic nitrogens is 3. The molecule has 118 valence electrons. The number of nitrogens with zero attached hydrogens (tertiary/aromatic N) is 4. The second-order valence-corrected chi connectivity index (χ2v) is 5.66. The van der Waals surface area contributed by atoms with Gasteiger partial charge in [-0.3, -0.25) is 0 Å². The maximum absolute atomic E-state index is 13.4. The Morgan fingerprint density at radius 3 is 2.61 bits per heavy atom. The molecule has 7 heteroatoms. The number of benzene rings is 1. The molecule has 1 aliphatic rings. The molecule has 0 saturated carbocycles. The van der Waals surface area contributed by atoms with Crippen LogP contribution in [0.4, 0.5) is 14.6 Å². The summed E-state index contributed by atoms with van der Waals surface area (Å²) >= 11 is 0.